The van der Waals surface area contributed by atoms with Gasteiger partial charge in [0, 0.05) is 0 Å². The van der Waals surface area contributed by atoms with Crippen molar-refractivity contribution in [2.45, 2.75) is 25.4 Å². The SMILES string of the molecule is OC1CCCC1=CF. The highest BCUT2D eigenvalue weighted by atomic mass is 19.1. The third-order valence-electron chi connectivity index (χ3n) is 1.51. The molecule has 46 valence electrons. The van der Waals surface area contributed by atoms with E-state index in [-0.39, 0.29) is 0 Å². The number of aliphatic hydroxyl groups excluding tert-OH is 1. The molecule has 0 amide bonds. The van der Waals surface area contributed by atoms with Crippen molar-refractivity contribution in [3.8, 4) is 0 Å². The van der Waals surface area contributed by atoms with Crippen LogP contribution in [0.25, 0.3) is 0 Å². The Balaban J connectivity index is 2.55. The monoisotopic (exact) mass is 116 g/mol. The first kappa shape index (κ1) is 5.76. The molecule has 0 saturated heterocycles. The molecule has 0 bridgehead atoms. The van der Waals surface area contributed by atoms with Crippen LogP contribution in [0.1, 0.15) is 19.3 Å². The molecule has 1 aliphatic carbocycles. The molecule has 8 heavy (non-hydrogen) atoms. The predicted octanol–water partition coefficient (Wildman–Crippen LogP) is 1.38. The normalized spacial score (nSPS) is 34.2. The highest BCUT2D eigenvalue weighted by Crippen LogP contribution is 2.24. The zero-order valence-corrected chi connectivity index (χ0v) is 4.60. The van der Waals surface area contributed by atoms with Crippen molar-refractivity contribution in [1.29, 1.82) is 0 Å². The summed E-state index contributed by atoms with van der Waals surface area (Å²) in [6, 6.07) is 0. The van der Waals surface area contributed by atoms with Gasteiger partial charge >= 0.3 is 0 Å². The lowest BCUT2D eigenvalue weighted by atomic mass is 10.2. The van der Waals surface area contributed by atoms with E-state index in [2.05, 4.69) is 0 Å². The summed E-state index contributed by atoms with van der Waals surface area (Å²) in [6.07, 6.45) is 2.43. The van der Waals surface area contributed by atoms with E-state index in [4.69, 9.17) is 5.11 Å². The smallest absolute Gasteiger partial charge is 0.0884 e. The maximum absolute atomic E-state index is 11.6. The van der Waals surface area contributed by atoms with Gasteiger partial charge in [0.15, 0.2) is 0 Å². The van der Waals surface area contributed by atoms with Crippen LogP contribution in [0, 0.1) is 0 Å². The third kappa shape index (κ3) is 0.892. The molecule has 0 radical (unpaired) electrons. The Morgan fingerprint density at radius 1 is 1.75 bits per heavy atom. The van der Waals surface area contributed by atoms with Crippen LogP contribution in [0.4, 0.5) is 4.39 Å². The second kappa shape index (κ2) is 2.27. The summed E-state index contributed by atoms with van der Waals surface area (Å²) in [5.41, 5.74) is 0.560. The van der Waals surface area contributed by atoms with Crippen molar-refractivity contribution in [2.24, 2.45) is 0 Å². The van der Waals surface area contributed by atoms with Crippen molar-refractivity contribution in [3.63, 3.8) is 0 Å². The van der Waals surface area contributed by atoms with Crippen LogP contribution >= 0.6 is 0 Å². The summed E-state index contributed by atoms with van der Waals surface area (Å²) in [7, 11) is 0. The summed E-state index contributed by atoms with van der Waals surface area (Å²) in [4.78, 5) is 0. The highest BCUT2D eigenvalue weighted by Gasteiger charge is 2.17. The fourth-order valence-corrected chi connectivity index (χ4v) is 0.979. The minimum Gasteiger partial charge on any atom is -0.389 e. The van der Waals surface area contributed by atoms with Crippen molar-refractivity contribution in [1.82, 2.24) is 0 Å². The van der Waals surface area contributed by atoms with Crippen LogP contribution < -0.4 is 0 Å². The molecular weight excluding hydrogens is 107 g/mol. The minimum absolute atomic E-state index is 0.486. The molecule has 0 heterocycles. The van der Waals surface area contributed by atoms with Gasteiger partial charge in [0.25, 0.3) is 0 Å². The van der Waals surface area contributed by atoms with Gasteiger partial charge in [0.1, 0.15) is 0 Å². The molecule has 1 unspecified atom stereocenters. The zero-order valence-electron chi connectivity index (χ0n) is 4.60. The van der Waals surface area contributed by atoms with Gasteiger partial charge in [-0.25, -0.2) is 4.39 Å². The van der Waals surface area contributed by atoms with Crippen LogP contribution in [0.5, 0.6) is 0 Å². The number of aliphatic hydroxyl groups is 1. The topological polar surface area (TPSA) is 20.2 Å². The first-order chi connectivity index (χ1) is 3.84. The lowest BCUT2D eigenvalue weighted by Crippen LogP contribution is -1.99. The molecule has 1 atom stereocenters. The molecule has 2 heteroatoms. The molecule has 1 fully saturated rings. The van der Waals surface area contributed by atoms with Gasteiger partial charge in [-0.1, -0.05) is 0 Å². The van der Waals surface area contributed by atoms with Crippen LogP contribution in [0.15, 0.2) is 11.9 Å². The largest absolute Gasteiger partial charge is 0.389 e. The summed E-state index contributed by atoms with van der Waals surface area (Å²) in [6.45, 7) is 0. The van der Waals surface area contributed by atoms with E-state index in [0.29, 0.717) is 11.9 Å². The van der Waals surface area contributed by atoms with Gasteiger partial charge in [-0.2, -0.15) is 0 Å². The number of rotatable bonds is 0. The maximum Gasteiger partial charge on any atom is 0.0884 e. The number of hydrogen-bond donors (Lipinski definition) is 1. The van der Waals surface area contributed by atoms with Gasteiger partial charge in [0.2, 0.25) is 0 Å². The standard InChI is InChI=1S/C6H9FO/c7-4-5-2-1-3-6(5)8/h4,6,8H,1-3H2. The Hall–Kier alpha value is -0.370. The molecule has 0 spiro atoms. The van der Waals surface area contributed by atoms with E-state index in [0.717, 1.165) is 19.3 Å². The van der Waals surface area contributed by atoms with Crippen molar-refractivity contribution >= 4 is 0 Å². The van der Waals surface area contributed by atoms with Gasteiger partial charge in [-0.05, 0) is 24.8 Å². The van der Waals surface area contributed by atoms with Crippen LogP contribution in [-0.4, -0.2) is 11.2 Å². The fraction of sp³-hybridized carbons (Fsp3) is 0.667. The van der Waals surface area contributed by atoms with Gasteiger partial charge in [-0.3, -0.25) is 0 Å². The van der Waals surface area contributed by atoms with E-state index < -0.39 is 6.10 Å². The van der Waals surface area contributed by atoms with E-state index in [9.17, 15) is 4.39 Å². The van der Waals surface area contributed by atoms with Crippen LogP contribution in [-0.2, 0) is 0 Å². The summed E-state index contributed by atoms with van der Waals surface area (Å²) in [5.74, 6) is 0. The van der Waals surface area contributed by atoms with Crippen LogP contribution in [0.3, 0.4) is 0 Å². The van der Waals surface area contributed by atoms with Crippen molar-refractivity contribution < 1.29 is 9.50 Å². The molecule has 1 nitrogen and oxygen atoms in total. The average molecular weight is 116 g/mol. The molecule has 0 aromatic carbocycles. The number of hydrogen-bond acceptors (Lipinski definition) is 1. The lowest BCUT2D eigenvalue weighted by molar-refractivity contribution is 0.216. The average Bonchev–Trinajstić information content (AvgIpc) is 2.14. The van der Waals surface area contributed by atoms with Crippen LogP contribution in [0.2, 0.25) is 0 Å². The van der Waals surface area contributed by atoms with Crippen molar-refractivity contribution in [2.75, 3.05) is 0 Å². The van der Waals surface area contributed by atoms with E-state index in [1.807, 2.05) is 0 Å². The molecule has 1 rings (SSSR count). The summed E-state index contributed by atoms with van der Waals surface area (Å²) in [5, 5.41) is 8.88. The summed E-state index contributed by atoms with van der Waals surface area (Å²) < 4.78 is 11.6. The fourth-order valence-electron chi connectivity index (χ4n) is 0.979. The first-order valence-corrected chi connectivity index (χ1v) is 2.82. The second-order valence-electron chi connectivity index (χ2n) is 2.09. The zero-order chi connectivity index (χ0) is 5.98. The second-order valence-corrected chi connectivity index (χ2v) is 2.09. The number of halogens is 1. The van der Waals surface area contributed by atoms with Gasteiger partial charge in [0.05, 0.1) is 12.4 Å². The Morgan fingerprint density at radius 3 is 2.75 bits per heavy atom. The van der Waals surface area contributed by atoms with Gasteiger partial charge in [-0.15, -0.1) is 0 Å². The van der Waals surface area contributed by atoms with E-state index in [1.165, 1.54) is 0 Å². The molecule has 0 aromatic heterocycles. The quantitative estimate of drug-likeness (QED) is 0.507. The third-order valence-corrected chi connectivity index (χ3v) is 1.51. The minimum atomic E-state index is -0.486. The highest BCUT2D eigenvalue weighted by molar-refractivity contribution is 5.08. The Bertz CT molecular complexity index is 109. The van der Waals surface area contributed by atoms with E-state index >= 15 is 0 Å². The maximum atomic E-state index is 11.6. The molecule has 1 N–H and O–H groups in total. The predicted molar refractivity (Wildman–Crippen MR) is 29.0 cm³/mol. The molecule has 0 aromatic rings. The molecule has 1 aliphatic rings. The van der Waals surface area contributed by atoms with Gasteiger partial charge < -0.3 is 5.11 Å². The van der Waals surface area contributed by atoms with E-state index in [1.54, 1.807) is 0 Å². The Morgan fingerprint density at radius 2 is 2.50 bits per heavy atom. The Kier molecular flexibility index (Phi) is 1.63. The Labute approximate surface area is 47.8 Å². The molecule has 1 saturated carbocycles. The molecule has 0 aliphatic heterocycles. The molecular formula is C6H9FO. The first-order valence-electron chi connectivity index (χ1n) is 2.82. The summed E-state index contributed by atoms with van der Waals surface area (Å²) >= 11 is 0. The lowest BCUT2D eigenvalue weighted by Gasteiger charge is -1.97. The van der Waals surface area contributed by atoms with Crippen molar-refractivity contribution in [3.05, 3.63) is 11.9 Å².